The Morgan fingerprint density at radius 2 is 2.08 bits per heavy atom. The summed E-state index contributed by atoms with van der Waals surface area (Å²) in [6.07, 6.45) is 4.46. The third kappa shape index (κ3) is 3.48. The minimum absolute atomic E-state index is 0.109. The minimum Gasteiger partial charge on any atom is -0.378 e. The van der Waals surface area contributed by atoms with E-state index in [1.54, 1.807) is 6.20 Å². The quantitative estimate of drug-likeness (QED) is 0.848. The molecule has 25 heavy (non-hydrogen) atoms. The zero-order valence-corrected chi connectivity index (χ0v) is 14.1. The highest BCUT2D eigenvalue weighted by molar-refractivity contribution is 5.94. The number of hydrogen-bond donors (Lipinski definition) is 1. The second-order valence-corrected chi connectivity index (χ2v) is 6.30. The highest BCUT2D eigenvalue weighted by Crippen LogP contribution is 2.14. The van der Waals surface area contributed by atoms with Crippen LogP contribution in [0.15, 0.2) is 18.3 Å². The number of aryl methyl sites for hydroxylation is 1. The highest BCUT2D eigenvalue weighted by atomic mass is 16.5. The molecular formula is C17H22N6O2. The van der Waals surface area contributed by atoms with Gasteiger partial charge in [-0.2, -0.15) is 0 Å². The Kier molecular flexibility index (Phi) is 4.60. The monoisotopic (exact) mass is 342 g/mol. The van der Waals surface area contributed by atoms with Gasteiger partial charge in [-0.05, 0) is 18.6 Å². The van der Waals surface area contributed by atoms with Crippen molar-refractivity contribution in [3.05, 3.63) is 35.5 Å². The molecule has 2 aliphatic rings. The third-order valence-corrected chi connectivity index (χ3v) is 4.67. The second-order valence-electron chi connectivity index (χ2n) is 6.30. The molecular weight excluding hydrogens is 320 g/mol. The molecule has 8 heteroatoms. The van der Waals surface area contributed by atoms with Crippen LogP contribution in [0.25, 0.3) is 0 Å². The topological polar surface area (TPSA) is 85.2 Å². The van der Waals surface area contributed by atoms with Crippen LogP contribution in [-0.2, 0) is 24.1 Å². The predicted molar refractivity (Wildman–Crippen MR) is 91.6 cm³/mol. The SMILES string of the molecule is O=C(NCCc1nnc2n1CCC2)c1ccc(N2CCOCC2)nc1. The van der Waals surface area contributed by atoms with Crippen LogP contribution >= 0.6 is 0 Å². The maximum absolute atomic E-state index is 12.3. The summed E-state index contributed by atoms with van der Waals surface area (Å²) in [4.78, 5) is 18.8. The Bertz CT molecular complexity index is 736. The molecule has 4 rings (SSSR count). The number of aromatic nitrogens is 4. The molecule has 4 heterocycles. The lowest BCUT2D eigenvalue weighted by Gasteiger charge is -2.27. The Morgan fingerprint density at radius 1 is 1.20 bits per heavy atom. The maximum atomic E-state index is 12.3. The molecule has 2 aromatic rings. The molecule has 0 bridgehead atoms. The molecule has 132 valence electrons. The first-order chi connectivity index (χ1) is 12.3. The Balaban J connectivity index is 1.30. The van der Waals surface area contributed by atoms with Crippen molar-refractivity contribution >= 4 is 11.7 Å². The molecule has 2 aromatic heterocycles. The number of hydrogen-bond acceptors (Lipinski definition) is 6. The minimum atomic E-state index is -0.109. The molecule has 0 radical (unpaired) electrons. The number of amides is 1. The number of fused-ring (bicyclic) bond motifs is 1. The number of pyridine rings is 1. The summed E-state index contributed by atoms with van der Waals surface area (Å²) in [5.74, 6) is 2.79. The number of anilines is 1. The van der Waals surface area contributed by atoms with Gasteiger partial charge >= 0.3 is 0 Å². The first-order valence-electron chi connectivity index (χ1n) is 8.79. The molecule has 0 spiro atoms. The lowest BCUT2D eigenvalue weighted by Crippen LogP contribution is -2.36. The average Bonchev–Trinajstić information content (AvgIpc) is 3.27. The summed E-state index contributed by atoms with van der Waals surface area (Å²) in [7, 11) is 0. The molecule has 0 saturated carbocycles. The Morgan fingerprint density at radius 3 is 2.88 bits per heavy atom. The van der Waals surface area contributed by atoms with Crippen LogP contribution in [0.2, 0.25) is 0 Å². The third-order valence-electron chi connectivity index (χ3n) is 4.67. The number of nitrogens with zero attached hydrogens (tertiary/aromatic N) is 5. The maximum Gasteiger partial charge on any atom is 0.252 e. The highest BCUT2D eigenvalue weighted by Gasteiger charge is 2.17. The Hall–Kier alpha value is -2.48. The molecule has 1 fully saturated rings. The average molecular weight is 342 g/mol. The van der Waals surface area contributed by atoms with E-state index in [4.69, 9.17) is 4.74 Å². The predicted octanol–water partition coefficient (Wildman–Crippen LogP) is 0.428. The number of nitrogens with one attached hydrogen (secondary N) is 1. The molecule has 8 nitrogen and oxygen atoms in total. The van der Waals surface area contributed by atoms with Gasteiger partial charge in [0.25, 0.3) is 5.91 Å². The fraction of sp³-hybridized carbons (Fsp3) is 0.529. The zero-order valence-electron chi connectivity index (χ0n) is 14.1. The van der Waals surface area contributed by atoms with Gasteiger partial charge in [-0.15, -0.1) is 10.2 Å². The normalized spacial score (nSPS) is 16.7. The van der Waals surface area contributed by atoms with Crippen molar-refractivity contribution in [1.82, 2.24) is 25.1 Å². The number of morpholine rings is 1. The van der Waals surface area contributed by atoms with Crippen LogP contribution in [0.5, 0.6) is 0 Å². The molecule has 0 atom stereocenters. The van der Waals surface area contributed by atoms with Crippen LogP contribution in [-0.4, -0.2) is 58.5 Å². The fourth-order valence-electron chi connectivity index (χ4n) is 3.29. The number of rotatable bonds is 5. The molecule has 1 N–H and O–H groups in total. The van der Waals surface area contributed by atoms with Gasteiger partial charge in [0.1, 0.15) is 17.5 Å². The van der Waals surface area contributed by atoms with Crippen LogP contribution < -0.4 is 10.2 Å². The standard InChI is InChI=1S/C17H22N6O2/c24-17(18-6-5-16-21-20-15-2-1-7-23(15)16)13-3-4-14(19-12-13)22-8-10-25-11-9-22/h3-4,12H,1-2,5-11H2,(H,18,24). The molecule has 0 aliphatic carbocycles. The van der Waals surface area contributed by atoms with Crippen molar-refractivity contribution in [2.24, 2.45) is 0 Å². The lowest BCUT2D eigenvalue weighted by molar-refractivity contribution is 0.0953. The van der Waals surface area contributed by atoms with Gasteiger partial charge in [0, 0.05) is 45.2 Å². The molecule has 0 aromatic carbocycles. The fourth-order valence-corrected chi connectivity index (χ4v) is 3.29. The van der Waals surface area contributed by atoms with Gasteiger partial charge in [-0.3, -0.25) is 4.79 Å². The van der Waals surface area contributed by atoms with Crippen molar-refractivity contribution in [3.8, 4) is 0 Å². The summed E-state index contributed by atoms with van der Waals surface area (Å²) in [5, 5.41) is 11.3. The van der Waals surface area contributed by atoms with Crippen molar-refractivity contribution in [3.63, 3.8) is 0 Å². The van der Waals surface area contributed by atoms with E-state index >= 15 is 0 Å². The van der Waals surface area contributed by atoms with Crippen molar-refractivity contribution in [2.45, 2.75) is 25.8 Å². The van der Waals surface area contributed by atoms with E-state index in [1.807, 2.05) is 12.1 Å². The van der Waals surface area contributed by atoms with Crippen molar-refractivity contribution in [2.75, 3.05) is 37.7 Å². The van der Waals surface area contributed by atoms with E-state index < -0.39 is 0 Å². The summed E-state index contributed by atoms with van der Waals surface area (Å²) < 4.78 is 7.50. The van der Waals surface area contributed by atoms with Crippen LogP contribution in [0.1, 0.15) is 28.4 Å². The van der Waals surface area contributed by atoms with E-state index in [1.165, 1.54) is 0 Å². The molecule has 1 saturated heterocycles. The lowest BCUT2D eigenvalue weighted by atomic mass is 10.2. The number of carbonyl (C=O) groups excluding carboxylic acids is 1. The Labute approximate surface area is 146 Å². The van der Waals surface area contributed by atoms with E-state index in [2.05, 4.69) is 30.0 Å². The van der Waals surface area contributed by atoms with Crippen LogP contribution in [0, 0.1) is 0 Å². The van der Waals surface area contributed by atoms with E-state index in [-0.39, 0.29) is 5.91 Å². The molecule has 1 amide bonds. The van der Waals surface area contributed by atoms with Gasteiger partial charge in [-0.25, -0.2) is 4.98 Å². The first kappa shape index (κ1) is 16.0. The van der Waals surface area contributed by atoms with Gasteiger partial charge in [0.05, 0.1) is 18.8 Å². The van der Waals surface area contributed by atoms with Crippen molar-refractivity contribution in [1.29, 1.82) is 0 Å². The van der Waals surface area contributed by atoms with Gasteiger partial charge in [-0.1, -0.05) is 0 Å². The largest absolute Gasteiger partial charge is 0.378 e. The van der Waals surface area contributed by atoms with Gasteiger partial charge < -0.3 is 19.5 Å². The smallest absolute Gasteiger partial charge is 0.252 e. The van der Waals surface area contributed by atoms with Crippen molar-refractivity contribution < 1.29 is 9.53 Å². The van der Waals surface area contributed by atoms with Crippen LogP contribution in [0.4, 0.5) is 5.82 Å². The molecule has 2 aliphatic heterocycles. The summed E-state index contributed by atoms with van der Waals surface area (Å²) in [6.45, 7) is 4.63. The summed E-state index contributed by atoms with van der Waals surface area (Å²) >= 11 is 0. The summed E-state index contributed by atoms with van der Waals surface area (Å²) in [5.41, 5.74) is 0.573. The summed E-state index contributed by atoms with van der Waals surface area (Å²) in [6, 6.07) is 3.72. The van der Waals surface area contributed by atoms with Crippen LogP contribution in [0.3, 0.4) is 0 Å². The van der Waals surface area contributed by atoms with Gasteiger partial charge in [0.15, 0.2) is 0 Å². The van der Waals surface area contributed by atoms with Gasteiger partial charge in [0.2, 0.25) is 0 Å². The van der Waals surface area contributed by atoms with E-state index in [0.717, 1.165) is 63.2 Å². The second kappa shape index (κ2) is 7.18. The number of carbonyl (C=O) groups is 1. The molecule has 0 unspecified atom stereocenters. The van der Waals surface area contributed by atoms with E-state index in [0.29, 0.717) is 18.5 Å². The number of ether oxygens (including phenoxy) is 1. The zero-order chi connectivity index (χ0) is 17.1. The first-order valence-corrected chi connectivity index (χ1v) is 8.79. The van der Waals surface area contributed by atoms with E-state index in [9.17, 15) is 4.79 Å².